The Morgan fingerprint density at radius 1 is 1.11 bits per heavy atom. The SMILES string of the molecule is COc1ncc(C2=NC3(CCC(C(C)(C)C)CC3)N(C(CCC(C)(C)C)c3ccc(C)cc3)C2=O)cc1Cl. The van der Waals surface area contributed by atoms with Gasteiger partial charge in [-0.1, -0.05) is 83.0 Å². The molecular formula is C32H44ClN3O2. The van der Waals surface area contributed by atoms with E-state index >= 15 is 0 Å². The van der Waals surface area contributed by atoms with Gasteiger partial charge in [-0.2, -0.15) is 0 Å². The van der Waals surface area contributed by atoms with Gasteiger partial charge in [-0.25, -0.2) is 4.98 Å². The number of aliphatic imine (C=N–C) groups is 1. The predicted molar refractivity (Wildman–Crippen MR) is 156 cm³/mol. The minimum Gasteiger partial charge on any atom is -0.480 e. The molecule has 0 N–H and O–H groups in total. The van der Waals surface area contributed by atoms with Crippen LogP contribution in [-0.2, 0) is 4.79 Å². The van der Waals surface area contributed by atoms with Crippen LogP contribution in [0.2, 0.25) is 5.02 Å². The van der Waals surface area contributed by atoms with Crippen LogP contribution in [-0.4, -0.2) is 34.3 Å². The van der Waals surface area contributed by atoms with E-state index in [1.807, 2.05) is 0 Å². The summed E-state index contributed by atoms with van der Waals surface area (Å²) in [6.45, 7) is 15.9. The van der Waals surface area contributed by atoms with Crippen LogP contribution in [0.4, 0.5) is 0 Å². The first-order chi connectivity index (χ1) is 17.7. The van der Waals surface area contributed by atoms with Crippen molar-refractivity contribution in [3.63, 3.8) is 0 Å². The number of ether oxygens (including phenoxy) is 1. The van der Waals surface area contributed by atoms with Crippen LogP contribution in [0.1, 0.15) is 103 Å². The molecule has 206 valence electrons. The van der Waals surface area contributed by atoms with E-state index < -0.39 is 5.66 Å². The van der Waals surface area contributed by atoms with E-state index in [1.54, 1.807) is 12.3 Å². The van der Waals surface area contributed by atoms with Gasteiger partial charge in [0.25, 0.3) is 5.91 Å². The topological polar surface area (TPSA) is 54.8 Å². The monoisotopic (exact) mass is 537 g/mol. The molecule has 38 heavy (non-hydrogen) atoms. The van der Waals surface area contributed by atoms with Gasteiger partial charge in [0.15, 0.2) is 0 Å². The van der Waals surface area contributed by atoms with E-state index in [0.717, 1.165) is 38.5 Å². The van der Waals surface area contributed by atoms with E-state index in [1.165, 1.54) is 18.2 Å². The zero-order chi connectivity index (χ0) is 27.9. The fourth-order valence-electron chi connectivity index (χ4n) is 6.04. The number of nitrogens with zero attached hydrogens (tertiary/aromatic N) is 3. The Morgan fingerprint density at radius 2 is 1.74 bits per heavy atom. The molecule has 1 unspecified atom stereocenters. The van der Waals surface area contributed by atoms with Crippen LogP contribution in [0, 0.1) is 23.7 Å². The maximum Gasteiger partial charge on any atom is 0.275 e. The maximum absolute atomic E-state index is 14.4. The second-order valence-corrected chi connectivity index (χ2v) is 13.9. The fraction of sp³-hybridized carbons (Fsp3) is 0.594. The van der Waals surface area contributed by atoms with E-state index in [-0.39, 0.29) is 22.8 Å². The lowest BCUT2D eigenvalue weighted by Gasteiger charge is -2.47. The lowest BCUT2D eigenvalue weighted by molar-refractivity contribution is -0.134. The van der Waals surface area contributed by atoms with Crippen LogP contribution < -0.4 is 4.74 Å². The molecule has 1 atom stereocenters. The molecule has 2 aromatic rings. The summed E-state index contributed by atoms with van der Waals surface area (Å²) >= 11 is 6.44. The van der Waals surface area contributed by atoms with Gasteiger partial charge in [0.05, 0.1) is 13.2 Å². The van der Waals surface area contributed by atoms with Gasteiger partial charge in [-0.05, 0) is 73.8 Å². The number of pyridine rings is 1. The van der Waals surface area contributed by atoms with Crippen LogP contribution >= 0.6 is 11.6 Å². The lowest BCUT2D eigenvalue weighted by atomic mass is 9.69. The largest absolute Gasteiger partial charge is 0.480 e. The number of hydrogen-bond acceptors (Lipinski definition) is 4. The zero-order valence-electron chi connectivity index (χ0n) is 24.4. The zero-order valence-corrected chi connectivity index (χ0v) is 25.2. The number of aromatic nitrogens is 1. The molecule has 1 aromatic heterocycles. The molecule has 4 rings (SSSR count). The number of methoxy groups -OCH3 is 1. The molecule has 0 radical (unpaired) electrons. The van der Waals surface area contributed by atoms with Crippen molar-refractivity contribution < 1.29 is 9.53 Å². The number of halogens is 1. The van der Waals surface area contributed by atoms with Crippen molar-refractivity contribution in [2.24, 2.45) is 21.7 Å². The average molecular weight is 538 g/mol. The molecule has 1 spiro atoms. The number of amides is 1. The molecule has 2 aliphatic rings. The Kier molecular flexibility index (Phi) is 8.01. The Morgan fingerprint density at radius 3 is 2.26 bits per heavy atom. The van der Waals surface area contributed by atoms with Crippen molar-refractivity contribution in [1.29, 1.82) is 0 Å². The molecule has 1 aliphatic carbocycles. The molecule has 0 bridgehead atoms. The summed E-state index contributed by atoms with van der Waals surface area (Å²) in [6, 6.07) is 10.4. The number of aryl methyl sites for hydroxylation is 1. The van der Waals surface area contributed by atoms with Crippen molar-refractivity contribution in [2.45, 2.75) is 98.7 Å². The van der Waals surface area contributed by atoms with Crippen LogP contribution in [0.3, 0.4) is 0 Å². The van der Waals surface area contributed by atoms with Gasteiger partial charge < -0.3 is 9.64 Å². The van der Waals surface area contributed by atoms with Crippen molar-refractivity contribution in [3.8, 4) is 5.88 Å². The van der Waals surface area contributed by atoms with Gasteiger partial charge in [0.2, 0.25) is 5.88 Å². The standard InChI is InChI=1S/C32H44ClN3O2/c1-21-9-11-22(12-10-21)26(15-16-30(2,3)4)36-29(37)27(23-19-25(33)28(38-8)34-20-23)35-32(36)17-13-24(14-18-32)31(5,6)7/h9-12,19-20,24,26H,13-18H2,1-8H3. The molecule has 1 amide bonds. The Balaban J connectivity index is 1.80. The molecule has 6 heteroatoms. The fourth-order valence-corrected chi connectivity index (χ4v) is 6.28. The highest BCUT2D eigenvalue weighted by atomic mass is 35.5. The lowest BCUT2D eigenvalue weighted by Crippen LogP contribution is -2.51. The summed E-state index contributed by atoms with van der Waals surface area (Å²) in [4.78, 5) is 26.2. The van der Waals surface area contributed by atoms with Crippen molar-refractivity contribution in [3.05, 3.63) is 58.2 Å². The van der Waals surface area contributed by atoms with Crippen molar-refractivity contribution in [1.82, 2.24) is 9.88 Å². The molecule has 0 saturated heterocycles. The van der Waals surface area contributed by atoms with Gasteiger partial charge in [0.1, 0.15) is 16.4 Å². The highest BCUT2D eigenvalue weighted by Crippen LogP contribution is 2.50. The molecule has 1 fully saturated rings. The first-order valence-electron chi connectivity index (χ1n) is 13.9. The summed E-state index contributed by atoms with van der Waals surface area (Å²) in [5.74, 6) is 0.928. The second kappa shape index (κ2) is 10.6. The third kappa shape index (κ3) is 5.93. The van der Waals surface area contributed by atoms with E-state index in [4.69, 9.17) is 21.3 Å². The van der Waals surface area contributed by atoms with E-state index in [0.29, 0.717) is 28.1 Å². The van der Waals surface area contributed by atoms with Gasteiger partial charge in [-0.15, -0.1) is 0 Å². The Bertz CT molecular complexity index is 1180. The van der Waals surface area contributed by atoms with Crippen molar-refractivity contribution >= 4 is 23.2 Å². The summed E-state index contributed by atoms with van der Waals surface area (Å²) in [7, 11) is 1.54. The number of rotatable bonds is 6. The minimum atomic E-state index is -0.562. The molecular weight excluding hydrogens is 494 g/mol. The third-order valence-corrected chi connectivity index (χ3v) is 8.69. The Hall–Kier alpha value is -2.40. The number of carbonyl (C=O) groups is 1. The number of carbonyl (C=O) groups excluding carboxylic acids is 1. The van der Waals surface area contributed by atoms with E-state index in [2.05, 4.69) is 82.6 Å². The van der Waals surface area contributed by atoms with Crippen LogP contribution in [0.25, 0.3) is 0 Å². The normalized spacial score (nSPS) is 23.1. The molecule has 5 nitrogen and oxygen atoms in total. The summed E-state index contributed by atoms with van der Waals surface area (Å²) in [5, 5.41) is 0.382. The molecule has 1 aromatic carbocycles. The summed E-state index contributed by atoms with van der Waals surface area (Å²) in [6.07, 6.45) is 7.36. The van der Waals surface area contributed by atoms with Crippen LogP contribution in [0.15, 0.2) is 41.5 Å². The smallest absolute Gasteiger partial charge is 0.275 e. The number of benzene rings is 1. The van der Waals surface area contributed by atoms with E-state index in [9.17, 15) is 4.79 Å². The van der Waals surface area contributed by atoms with Crippen molar-refractivity contribution in [2.75, 3.05) is 7.11 Å². The predicted octanol–water partition coefficient (Wildman–Crippen LogP) is 8.18. The third-order valence-electron chi connectivity index (χ3n) is 8.42. The van der Waals surface area contributed by atoms with Gasteiger partial charge in [0, 0.05) is 11.8 Å². The first kappa shape index (κ1) is 28.6. The van der Waals surface area contributed by atoms with Crippen LogP contribution in [0.5, 0.6) is 5.88 Å². The highest BCUT2D eigenvalue weighted by Gasteiger charge is 2.52. The second-order valence-electron chi connectivity index (χ2n) is 13.5. The summed E-state index contributed by atoms with van der Waals surface area (Å²) in [5.41, 5.74) is 3.33. The molecule has 2 heterocycles. The quantitative estimate of drug-likeness (QED) is 0.373. The maximum atomic E-state index is 14.4. The molecule has 1 aliphatic heterocycles. The van der Waals surface area contributed by atoms with Gasteiger partial charge in [-0.3, -0.25) is 9.79 Å². The highest BCUT2D eigenvalue weighted by molar-refractivity contribution is 6.47. The average Bonchev–Trinajstić information content (AvgIpc) is 3.11. The number of hydrogen-bond donors (Lipinski definition) is 0. The van der Waals surface area contributed by atoms with Gasteiger partial charge >= 0.3 is 0 Å². The minimum absolute atomic E-state index is 0.0262. The summed E-state index contributed by atoms with van der Waals surface area (Å²) < 4.78 is 5.26. The molecule has 1 saturated carbocycles. The first-order valence-corrected chi connectivity index (χ1v) is 14.3. The Labute approximate surface area is 234 Å².